The Balaban J connectivity index is 1.21. The van der Waals surface area contributed by atoms with E-state index < -0.39 is 0 Å². The van der Waals surface area contributed by atoms with Crippen molar-refractivity contribution in [2.24, 2.45) is 5.92 Å². The summed E-state index contributed by atoms with van der Waals surface area (Å²) in [7, 11) is 0. The predicted octanol–water partition coefficient (Wildman–Crippen LogP) is 2.36. The Kier molecular flexibility index (Phi) is 6.41. The van der Waals surface area contributed by atoms with E-state index in [1.165, 1.54) is 5.56 Å². The van der Waals surface area contributed by atoms with Gasteiger partial charge in [-0.2, -0.15) is 0 Å². The highest BCUT2D eigenvalue weighted by molar-refractivity contribution is 5.89. The minimum absolute atomic E-state index is 0.0131. The van der Waals surface area contributed by atoms with Crippen molar-refractivity contribution in [3.63, 3.8) is 0 Å². The predicted molar refractivity (Wildman–Crippen MR) is 111 cm³/mol. The number of ether oxygens (including phenoxy) is 1. The molecule has 0 bridgehead atoms. The van der Waals surface area contributed by atoms with Crippen molar-refractivity contribution in [1.29, 1.82) is 0 Å². The molecule has 0 saturated carbocycles. The molecule has 8 heteroatoms. The van der Waals surface area contributed by atoms with Crippen LogP contribution in [0.1, 0.15) is 24.1 Å². The molecule has 2 aliphatic rings. The molecule has 2 aromatic rings. The summed E-state index contributed by atoms with van der Waals surface area (Å²) in [6, 6.07) is 7.89. The van der Waals surface area contributed by atoms with Crippen LogP contribution in [-0.2, 0) is 17.8 Å². The van der Waals surface area contributed by atoms with Crippen LogP contribution in [0.3, 0.4) is 0 Å². The smallest absolute Gasteiger partial charge is 0.321 e. The first-order chi connectivity index (χ1) is 14.2. The number of benzene rings is 1. The number of hydrogen-bond donors (Lipinski definition) is 1. The van der Waals surface area contributed by atoms with Gasteiger partial charge < -0.3 is 15.0 Å². The van der Waals surface area contributed by atoms with Crippen molar-refractivity contribution in [3.05, 3.63) is 41.7 Å². The van der Waals surface area contributed by atoms with Gasteiger partial charge in [0.25, 0.3) is 0 Å². The molecular weight excluding hydrogens is 368 g/mol. The van der Waals surface area contributed by atoms with Crippen molar-refractivity contribution < 1.29 is 9.53 Å². The van der Waals surface area contributed by atoms with Crippen LogP contribution in [0.2, 0.25) is 0 Å². The Labute approximate surface area is 171 Å². The van der Waals surface area contributed by atoms with Crippen LogP contribution in [0.4, 0.5) is 10.5 Å². The zero-order valence-corrected chi connectivity index (χ0v) is 17.1. The number of likely N-dealkylation sites (tertiary alicyclic amines) is 1. The highest BCUT2D eigenvalue weighted by Crippen LogP contribution is 2.20. The Bertz CT molecular complexity index is 792. The third kappa shape index (κ3) is 5.55. The number of hydrogen-bond acceptors (Lipinski definition) is 5. The maximum atomic E-state index is 12.5. The number of aryl methyl sites for hydroxylation is 1. The molecule has 0 unspecified atom stereocenters. The van der Waals surface area contributed by atoms with Crippen molar-refractivity contribution >= 4 is 11.7 Å². The Morgan fingerprint density at radius 2 is 1.86 bits per heavy atom. The second kappa shape index (κ2) is 9.37. The minimum atomic E-state index is -0.0131. The summed E-state index contributed by atoms with van der Waals surface area (Å²) in [4.78, 5) is 16.7. The van der Waals surface area contributed by atoms with Gasteiger partial charge >= 0.3 is 6.03 Å². The van der Waals surface area contributed by atoms with Crippen molar-refractivity contribution in [2.45, 2.75) is 32.9 Å². The maximum Gasteiger partial charge on any atom is 0.321 e. The molecule has 1 N–H and O–H groups in total. The normalized spacial score (nSPS) is 18.7. The van der Waals surface area contributed by atoms with E-state index in [-0.39, 0.29) is 6.03 Å². The third-order valence-corrected chi connectivity index (χ3v) is 5.73. The van der Waals surface area contributed by atoms with Gasteiger partial charge in [0.15, 0.2) is 0 Å². The molecular formula is C21H30N6O2. The first kappa shape index (κ1) is 19.8. The molecule has 4 rings (SSSR count). The van der Waals surface area contributed by atoms with Gasteiger partial charge in [-0.1, -0.05) is 22.9 Å². The molecule has 2 fully saturated rings. The SMILES string of the molecule is Cc1ccc(NC(=O)N2CCC(Cn3cc(CN4CCOCC4)nn3)CC2)cc1. The molecule has 3 heterocycles. The Morgan fingerprint density at radius 3 is 2.59 bits per heavy atom. The lowest BCUT2D eigenvalue weighted by Crippen LogP contribution is -2.41. The van der Waals surface area contributed by atoms with Gasteiger partial charge in [0.05, 0.1) is 18.9 Å². The number of nitrogens with one attached hydrogen (secondary N) is 1. The summed E-state index contributed by atoms with van der Waals surface area (Å²) in [5.74, 6) is 0.524. The fourth-order valence-electron chi connectivity index (χ4n) is 3.91. The van der Waals surface area contributed by atoms with Crippen LogP contribution in [0.15, 0.2) is 30.5 Å². The number of anilines is 1. The van der Waals surface area contributed by atoms with E-state index in [4.69, 9.17) is 4.74 Å². The molecule has 0 spiro atoms. The van der Waals surface area contributed by atoms with Crippen molar-refractivity contribution in [2.75, 3.05) is 44.7 Å². The summed E-state index contributed by atoms with van der Waals surface area (Å²) in [5.41, 5.74) is 3.05. The number of aromatic nitrogens is 3. The van der Waals surface area contributed by atoms with Crippen LogP contribution in [0, 0.1) is 12.8 Å². The molecule has 0 atom stereocenters. The second-order valence-electron chi connectivity index (χ2n) is 8.05. The Hall–Kier alpha value is -2.45. The quantitative estimate of drug-likeness (QED) is 0.837. The summed E-state index contributed by atoms with van der Waals surface area (Å²) in [5, 5.41) is 11.6. The zero-order valence-electron chi connectivity index (χ0n) is 17.1. The second-order valence-corrected chi connectivity index (χ2v) is 8.05. The van der Waals surface area contributed by atoms with Gasteiger partial charge in [0, 0.05) is 51.2 Å². The van der Waals surface area contributed by atoms with E-state index in [0.29, 0.717) is 5.92 Å². The van der Waals surface area contributed by atoms with Gasteiger partial charge in [-0.25, -0.2) is 4.79 Å². The molecule has 1 aromatic carbocycles. The summed E-state index contributed by atoms with van der Waals surface area (Å²) >= 11 is 0. The highest BCUT2D eigenvalue weighted by Gasteiger charge is 2.23. The number of amides is 2. The van der Waals surface area contributed by atoms with Gasteiger partial charge in [-0.3, -0.25) is 9.58 Å². The molecule has 1 aromatic heterocycles. The van der Waals surface area contributed by atoms with Crippen LogP contribution in [0.25, 0.3) is 0 Å². The molecule has 2 amide bonds. The average molecular weight is 399 g/mol. The molecule has 2 saturated heterocycles. The van der Waals surface area contributed by atoms with Gasteiger partial charge in [-0.15, -0.1) is 5.10 Å². The monoisotopic (exact) mass is 398 g/mol. The minimum Gasteiger partial charge on any atom is -0.379 e. The molecule has 0 radical (unpaired) electrons. The fourth-order valence-corrected chi connectivity index (χ4v) is 3.91. The highest BCUT2D eigenvalue weighted by atomic mass is 16.5. The lowest BCUT2D eigenvalue weighted by atomic mass is 9.97. The number of morpholine rings is 1. The van der Waals surface area contributed by atoms with Crippen LogP contribution in [0.5, 0.6) is 0 Å². The van der Waals surface area contributed by atoms with E-state index in [1.807, 2.05) is 40.8 Å². The van der Waals surface area contributed by atoms with E-state index in [0.717, 1.165) is 76.7 Å². The van der Waals surface area contributed by atoms with Gasteiger partial charge in [0.1, 0.15) is 0 Å². The first-order valence-corrected chi connectivity index (χ1v) is 10.5. The third-order valence-electron chi connectivity index (χ3n) is 5.73. The summed E-state index contributed by atoms with van der Waals surface area (Å²) < 4.78 is 7.35. The lowest BCUT2D eigenvalue weighted by molar-refractivity contribution is 0.0336. The summed E-state index contributed by atoms with van der Waals surface area (Å²) in [6.45, 7) is 8.79. The molecule has 29 heavy (non-hydrogen) atoms. The fraction of sp³-hybridized carbons (Fsp3) is 0.571. The van der Waals surface area contributed by atoms with Crippen LogP contribution in [-0.4, -0.2) is 70.2 Å². The lowest BCUT2D eigenvalue weighted by Gasteiger charge is -2.31. The van der Waals surface area contributed by atoms with E-state index in [2.05, 4.69) is 26.7 Å². The zero-order chi connectivity index (χ0) is 20.1. The number of rotatable bonds is 5. The molecule has 8 nitrogen and oxygen atoms in total. The number of piperidine rings is 1. The molecule has 156 valence electrons. The van der Waals surface area contributed by atoms with Gasteiger partial charge in [0.2, 0.25) is 0 Å². The molecule has 0 aliphatic carbocycles. The number of urea groups is 1. The average Bonchev–Trinajstić information content (AvgIpc) is 3.17. The topological polar surface area (TPSA) is 75.5 Å². The van der Waals surface area contributed by atoms with Crippen molar-refractivity contribution in [3.8, 4) is 0 Å². The van der Waals surface area contributed by atoms with E-state index in [1.54, 1.807) is 0 Å². The van der Waals surface area contributed by atoms with Crippen molar-refractivity contribution in [1.82, 2.24) is 24.8 Å². The largest absolute Gasteiger partial charge is 0.379 e. The van der Waals surface area contributed by atoms with E-state index in [9.17, 15) is 4.79 Å². The van der Waals surface area contributed by atoms with Crippen LogP contribution < -0.4 is 5.32 Å². The number of carbonyl (C=O) groups excluding carboxylic acids is 1. The standard InChI is InChI=1S/C21H30N6O2/c1-17-2-4-19(5-3-17)22-21(28)26-8-6-18(7-9-26)14-27-16-20(23-24-27)15-25-10-12-29-13-11-25/h2-5,16,18H,6-15H2,1H3,(H,22,28). The maximum absolute atomic E-state index is 12.5. The molecule has 2 aliphatic heterocycles. The van der Waals surface area contributed by atoms with E-state index >= 15 is 0 Å². The van der Waals surface area contributed by atoms with Crippen LogP contribution >= 0.6 is 0 Å². The first-order valence-electron chi connectivity index (χ1n) is 10.5. The summed E-state index contributed by atoms with van der Waals surface area (Å²) in [6.07, 6.45) is 4.03. The van der Waals surface area contributed by atoms with Gasteiger partial charge in [-0.05, 0) is 37.8 Å². The number of carbonyl (C=O) groups is 1. The Morgan fingerprint density at radius 1 is 1.14 bits per heavy atom. The number of nitrogens with zero attached hydrogens (tertiary/aromatic N) is 5.